The summed E-state index contributed by atoms with van der Waals surface area (Å²) >= 11 is 0. The Morgan fingerprint density at radius 2 is 2.00 bits per heavy atom. The van der Waals surface area contributed by atoms with Crippen molar-refractivity contribution in [3.63, 3.8) is 0 Å². The minimum absolute atomic E-state index is 0.303. The number of ether oxygens (including phenoxy) is 2. The number of rotatable bonds is 9. The molecule has 0 saturated heterocycles. The third kappa shape index (κ3) is 9.66. The largest absolute Gasteiger partial charge is 0.387 e. The molecule has 0 amide bonds. The predicted molar refractivity (Wildman–Crippen MR) is 61.9 cm³/mol. The molecule has 1 atom stereocenters. The van der Waals surface area contributed by atoms with Gasteiger partial charge in [0.2, 0.25) is 0 Å². The third-order valence-corrected chi connectivity index (χ3v) is 1.70. The summed E-state index contributed by atoms with van der Waals surface area (Å²) in [7, 11) is 0. The summed E-state index contributed by atoms with van der Waals surface area (Å²) in [6.45, 7) is 12.8. The maximum Gasteiger partial charge on any atom is 0.0888 e. The highest BCUT2D eigenvalue weighted by atomic mass is 16.5. The number of hydrogen-bond donors (Lipinski definition) is 1. The predicted octanol–water partition coefficient (Wildman–Crippen LogP) is 1.92. The fourth-order valence-corrected chi connectivity index (χ4v) is 1.28. The summed E-state index contributed by atoms with van der Waals surface area (Å²) in [5.74, 6) is 0. The van der Waals surface area contributed by atoms with Crippen molar-refractivity contribution in [2.24, 2.45) is 0 Å². The van der Waals surface area contributed by atoms with Crippen LogP contribution in [0, 0.1) is 0 Å². The van der Waals surface area contributed by atoms with E-state index in [2.05, 4.69) is 13.2 Å². The van der Waals surface area contributed by atoms with Crippen molar-refractivity contribution in [1.82, 2.24) is 0 Å². The normalized spacial score (nSPS) is 14.6. The quantitative estimate of drug-likeness (QED) is 0.471. The Labute approximate surface area is 92.4 Å². The third-order valence-electron chi connectivity index (χ3n) is 1.70. The lowest BCUT2D eigenvalue weighted by Gasteiger charge is -2.23. The van der Waals surface area contributed by atoms with E-state index in [9.17, 15) is 5.11 Å². The molecule has 3 heteroatoms. The lowest BCUT2D eigenvalue weighted by atomic mass is 9.99. The SMILES string of the molecule is C=CCOCCOCC(C)(O)CC(=C)C. The fourth-order valence-electron chi connectivity index (χ4n) is 1.28. The first-order valence-corrected chi connectivity index (χ1v) is 5.11. The minimum atomic E-state index is -0.829. The number of hydrogen-bond acceptors (Lipinski definition) is 3. The Morgan fingerprint density at radius 1 is 1.40 bits per heavy atom. The van der Waals surface area contributed by atoms with E-state index in [1.807, 2.05) is 6.92 Å². The highest BCUT2D eigenvalue weighted by molar-refractivity contribution is 4.95. The lowest BCUT2D eigenvalue weighted by Crippen LogP contribution is -2.31. The Morgan fingerprint density at radius 3 is 2.53 bits per heavy atom. The van der Waals surface area contributed by atoms with Crippen LogP contribution < -0.4 is 0 Å². The van der Waals surface area contributed by atoms with Crippen LogP contribution in [0.2, 0.25) is 0 Å². The second kappa shape index (κ2) is 7.63. The zero-order valence-corrected chi connectivity index (χ0v) is 9.79. The van der Waals surface area contributed by atoms with Crippen LogP contribution in [0.1, 0.15) is 20.3 Å². The van der Waals surface area contributed by atoms with Crippen molar-refractivity contribution < 1.29 is 14.6 Å². The molecule has 0 spiro atoms. The topological polar surface area (TPSA) is 38.7 Å². The van der Waals surface area contributed by atoms with Crippen LogP contribution in [-0.4, -0.2) is 37.1 Å². The van der Waals surface area contributed by atoms with Gasteiger partial charge in [0.15, 0.2) is 0 Å². The van der Waals surface area contributed by atoms with Crippen molar-refractivity contribution in [2.75, 3.05) is 26.4 Å². The molecule has 0 radical (unpaired) electrons. The zero-order chi connectivity index (χ0) is 11.7. The Hall–Kier alpha value is -0.640. The molecule has 0 aromatic carbocycles. The van der Waals surface area contributed by atoms with Crippen molar-refractivity contribution in [3.05, 3.63) is 24.8 Å². The second-order valence-corrected chi connectivity index (χ2v) is 4.05. The molecular formula is C12H22O3. The first-order valence-electron chi connectivity index (χ1n) is 5.11. The molecule has 0 aromatic heterocycles. The molecule has 0 fully saturated rings. The van der Waals surface area contributed by atoms with E-state index >= 15 is 0 Å². The average Bonchev–Trinajstić information content (AvgIpc) is 2.08. The smallest absolute Gasteiger partial charge is 0.0888 e. The summed E-state index contributed by atoms with van der Waals surface area (Å²) in [5.41, 5.74) is 0.121. The van der Waals surface area contributed by atoms with Gasteiger partial charge in [0, 0.05) is 0 Å². The van der Waals surface area contributed by atoms with Crippen LogP contribution in [0.4, 0.5) is 0 Å². The molecule has 0 aromatic rings. The Bertz CT molecular complexity index is 197. The number of aliphatic hydroxyl groups is 1. The van der Waals surface area contributed by atoms with E-state index < -0.39 is 5.60 Å². The van der Waals surface area contributed by atoms with Gasteiger partial charge in [-0.3, -0.25) is 0 Å². The van der Waals surface area contributed by atoms with Crippen LogP contribution in [0.5, 0.6) is 0 Å². The van der Waals surface area contributed by atoms with Crippen LogP contribution in [0.25, 0.3) is 0 Å². The molecule has 88 valence electrons. The van der Waals surface area contributed by atoms with Gasteiger partial charge in [0.25, 0.3) is 0 Å². The minimum Gasteiger partial charge on any atom is -0.387 e. The molecule has 0 aliphatic carbocycles. The monoisotopic (exact) mass is 214 g/mol. The molecule has 15 heavy (non-hydrogen) atoms. The Balaban J connectivity index is 3.48. The molecule has 0 aliphatic heterocycles. The van der Waals surface area contributed by atoms with Gasteiger partial charge < -0.3 is 14.6 Å². The van der Waals surface area contributed by atoms with Gasteiger partial charge in [-0.15, -0.1) is 13.2 Å². The highest BCUT2D eigenvalue weighted by Gasteiger charge is 2.20. The van der Waals surface area contributed by atoms with Gasteiger partial charge in [0.1, 0.15) is 0 Å². The van der Waals surface area contributed by atoms with Crippen LogP contribution in [0.15, 0.2) is 24.8 Å². The zero-order valence-electron chi connectivity index (χ0n) is 9.79. The van der Waals surface area contributed by atoms with Crippen molar-refractivity contribution in [1.29, 1.82) is 0 Å². The molecular weight excluding hydrogens is 192 g/mol. The summed E-state index contributed by atoms with van der Waals surface area (Å²) < 4.78 is 10.4. The van der Waals surface area contributed by atoms with Crippen LogP contribution in [-0.2, 0) is 9.47 Å². The summed E-state index contributed by atoms with van der Waals surface area (Å²) in [5, 5.41) is 9.84. The van der Waals surface area contributed by atoms with E-state index in [1.165, 1.54) is 0 Å². The van der Waals surface area contributed by atoms with E-state index in [-0.39, 0.29) is 0 Å². The molecule has 1 N–H and O–H groups in total. The van der Waals surface area contributed by atoms with E-state index in [4.69, 9.17) is 9.47 Å². The van der Waals surface area contributed by atoms with Crippen molar-refractivity contribution >= 4 is 0 Å². The highest BCUT2D eigenvalue weighted by Crippen LogP contribution is 2.14. The molecule has 0 bridgehead atoms. The molecule has 3 nitrogen and oxygen atoms in total. The van der Waals surface area contributed by atoms with Gasteiger partial charge in [0.05, 0.1) is 32.0 Å². The average molecular weight is 214 g/mol. The van der Waals surface area contributed by atoms with E-state index in [0.717, 1.165) is 5.57 Å². The van der Waals surface area contributed by atoms with Gasteiger partial charge >= 0.3 is 0 Å². The van der Waals surface area contributed by atoms with Gasteiger partial charge in [-0.25, -0.2) is 0 Å². The molecule has 0 saturated carbocycles. The summed E-state index contributed by atoms with van der Waals surface area (Å²) in [6, 6.07) is 0. The standard InChI is InChI=1S/C12H22O3/c1-5-6-14-7-8-15-10-12(4,13)9-11(2)3/h5,13H,1-2,6-10H2,3-4H3. The molecule has 0 aliphatic rings. The second-order valence-electron chi connectivity index (χ2n) is 4.05. The van der Waals surface area contributed by atoms with E-state index in [1.54, 1.807) is 13.0 Å². The maximum absolute atomic E-state index is 9.84. The first kappa shape index (κ1) is 14.4. The van der Waals surface area contributed by atoms with E-state index in [0.29, 0.717) is 32.8 Å². The van der Waals surface area contributed by atoms with Gasteiger partial charge in [-0.05, 0) is 20.3 Å². The van der Waals surface area contributed by atoms with Gasteiger partial charge in [-0.1, -0.05) is 11.6 Å². The maximum atomic E-state index is 9.84. The molecule has 0 heterocycles. The van der Waals surface area contributed by atoms with Gasteiger partial charge in [-0.2, -0.15) is 0 Å². The van der Waals surface area contributed by atoms with Crippen LogP contribution in [0.3, 0.4) is 0 Å². The van der Waals surface area contributed by atoms with Crippen LogP contribution >= 0.6 is 0 Å². The Kier molecular flexibility index (Phi) is 7.30. The van der Waals surface area contributed by atoms with Crippen molar-refractivity contribution in [3.8, 4) is 0 Å². The molecule has 1 unspecified atom stereocenters. The fraction of sp³-hybridized carbons (Fsp3) is 0.667. The lowest BCUT2D eigenvalue weighted by molar-refractivity contribution is -0.0453. The molecule has 0 rings (SSSR count). The van der Waals surface area contributed by atoms with Crippen molar-refractivity contribution in [2.45, 2.75) is 25.9 Å². The summed E-state index contributed by atoms with van der Waals surface area (Å²) in [4.78, 5) is 0. The first-order chi connectivity index (χ1) is 6.98. The summed E-state index contributed by atoms with van der Waals surface area (Å²) in [6.07, 6.45) is 2.25.